The number of aromatic nitrogens is 1. The molecule has 2 heterocycles. The maximum absolute atomic E-state index is 14.8. The van der Waals surface area contributed by atoms with E-state index >= 15 is 0 Å². The maximum atomic E-state index is 14.8. The molecule has 1 aliphatic rings. The van der Waals surface area contributed by atoms with Gasteiger partial charge in [0.25, 0.3) is 0 Å². The number of pyridine rings is 1. The molecule has 1 saturated heterocycles. The van der Waals surface area contributed by atoms with Gasteiger partial charge in [-0.05, 0) is 119 Å². The zero-order valence-corrected chi connectivity index (χ0v) is 29.1. The molecule has 3 aromatic carbocycles. The number of carbonyl (C=O) groups is 2. The Kier molecular flexibility index (Phi) is 10.5. The average molecular weight is 690 g/mol. The highest BCUT2D eigenvalue weighted by atomic mass is 32.2. The van der Waals surface area contributed by atoms with Gasteiger partial charge in [0.15, 0.2) is 21.3 Å². The molecule has 0 radical (unpaired) electrons. The van der Waals surface area contributed by atoms with Crippen molar-refractivity contribution < 1.29 is 32.6 Å². The predicted molar refractivity (Wildman–Crippen MR) is 190 cm³/mol. The van der Waals surface area contributed by atoms with E-state index in [0.29, 0.717) is 60.1 Å². The Bertz CT molecular complexity index is 1960. The van der Waals surface area contributed by atoms with Crippen molar-refractivity contribution in [3.8, 4) is 11.5 Å². The van der Waals surface area contributed by atoms with Gasteiger partial charge in [0.1, 0.15) is 11.9 Å². The maximum Gasteiger partial charge on any atom is 0.409 e. The number of nitrogen functional groups attached to an aromatic ring is 1. The van der Waals surface area contributed by atoms with Gasteiger partial charge < -0.3 is 30.5 Å². The standard InChI is InChI=1S/C36H43N5O7S/c1-6-47-31-19-24(9-13-30(31)48-21(2)3)33(39-25-10-12-27-23(18-25)15-16-38-34(27)37)35(42)41-17-7-8-29(41)28-20-26(40-36(43)44)11-14-32(28)49(45,46)22(4)5/h9-16,18-22,29,33,39-40H,6-8,17H2,1-5H3,(H2,37,38)(H,43,44)/t29-,33-/m0/s1. The van der Waals surface area contributed by atoms with E-state index in [1.807, 2.05) is 51.1 Å². The Labute approximate surface area is 286 Å². The number of amides is 2. The summed E-state index contributed by atoms with van der Waals surface area (Å²) in [6, 6.07) is 15.6. The smallest absolute Gasteiger partial charge is 0.409 e. The minimum absolute atomic E-state index is 0.0715. The fourth-order valence-electron chi connectivity index (χ4n) is 6.11. The Hall–Kier alpha value is -5.04. The van der Waals surface area contributed by atoms with E-state index in [4.69, 9.17) is 15.2 Å². The van der Waals surface area contributed by atoms with Crippen molar-refractivity contribution in [1.29, 1.82) is 0 Å². The van der Waals surface area contributed by atoms with Gasteiger partial charge in [-0.3, -0.25) is 10.1 Å². The van der Waals surface area contributed by atoms with Crippen LogP contribution in [0.15, 0.2) is 71.8 Å². The van der Waals surface area contributed by atoms with Crippen molar-refractivity contribution >= 4 is 49.8 Å². The normalized spacial score (nSPS) is 15.4. The van der Waals surface area contributed by atoms with Crippen LogP contribution in [0.3, 0.4) is 0 Å². The van der Waals surface area contributed by atoms with E-state index in [1.54, 1.807) is 37.1 Å². The van der Waals surface area contributed by atoms with Crippen LogP contribution in [0.1, 0.15) is 70.7 Å². The second-order valence-electron chi connectivity index (χ2n) is 12.5. The number of anilines is 3. The van der Waals surface area contributed by atoms with Crippen molar-refractivity contribution in [2.24, 2.45) is 0 Å². The fourth-order valence-corrected chi connectivity index (χ4v) is 7.40. The third-order valence-electron chi connectivity index (χ3n) is 8.40. The van der Waals surface area contributed by atoms with Crippen LogP contribution in [-0.2, 0) is 14.6 Å². The number of fused-ring (bicyclic) bond motifs is 1. The summed E-state index contributed by atoms with van der Waals surface area (Å²) < 4.78 is 39.1. The Morgan fingerprint density at radius 1 is 1.02 bits per heavy atom. The molecule has 2 amide bonds. The summed E-state index contributed by atoms with van der Waals surface area (Å²) >= 11 is 0. The molecule has 260 valence electrons. The molecule has 0 unspecified atom stereocenters. The van der Waals surface area contributed by atoms with Crippen LogP contribution < -0.4 is 25.8 Å². The number of nitrogens with one attached hydrogen (secondary N) is 2. The number of benzene rings is 3. The van der Waals surface area contributed by atoms with Gasteiger partial charge in [-0.1, -0.05) is 6.07 Å². The van der Waals surface area contributed by atoms with Crippen LogP contribution in [0.5, 0.6) is 11.5 Å². The second-order valence-corrected chi connectivity index (χ2v) is 15.0. The lowest BCUT2D eigenvalue weighted by Crippen LogP contribution is -2.38. The lowest BCUT2D eigenvalue weighted by Gasteiger charge is -2.32. The lowest BCUT2D eigenvalue weighted by atomic mass is 10.00. The van der Waals surface area contributed by atoms with Gasteiger partial charge in [0.05, 0.1) is 28.9 Å². The van der Waals surface area contributed by atoms with Gasteiger partial charge >= 0.3 is 6.09 Å². The van der Waals surface area contributed by atoms with Crippen LogP contribution in [0, 0.1) is 0 Å². The summed E-state index contributed by atoms with van der Waals surface area (Å²) in [7, 11) is -3.79. The zero-order chi connectivity index (χ0) is 35.5. The minimum atomic E-state index is -3.79. The number of sulfone groups is 1. The topological polar surface area (TPSA) is 173 Å². The van der Waals surface area contributed by atoms with Crippen molar-refractivity contribution in [1.82, 2.24) is 9.88 Å². The van der Waals surface area contributed by atoms with Crippen molar-refractivity contribution in [2.45, 2.75) is 75.8 Å². The van der Waals surface area contributed by atoms with Crippen LogP contribution >= 0.6 is 0 Å². The Morgan fingerprint density at radius 2 is 1.78 bits per heavy atom. The predicted octanol–water partition coefficient (Wildman–Crippen LogP) is 6.79. The van der Waals surface area contributed by atoms with Gasteiger partial charge in [0.2, 0.25) is 5.91 Å². The number of hydrogen-bond acceptors (Lipinski definition) is 9. The van der Waals surface area contributed by atoms with Crippen LogP contribution in [0.2, 0.25) is 0 Å². The summed E-state index contributed by atoms with van der Waals surface area (Å²) in [6.07, 6.45) is 1.35. The number of ether oxygens (including phenoxy) is 2. The van der Waals surface area contributed by atoms with Crippen LogP contribution in [-0.4, -0.2) is 59.9 Å². The third-order valence-corrected chi connectivity index (χ3v) is 10.6. The molecular formula is C36H43N5O7S. The molecule has 1 aliphatic heterocycles. The number of hydrogen-bond donors (Lipinski definition) is 4. The molecule has 0 bridgehead atoms. The highest BCUT2D eigenvalue weighted by Crippen LogP contribution is 2.41. The molecular weight excluding hydrogens is 646 g/mol. The van der Waals surface area contributed by atoms with E-state index in [9.17, 15) is 23.1 Å². The molecule has 2 atom stereocenters. The molecule has 49 heavy (non-hydrogen) atoms. The highest BCUT2D eigenvalue weighted by molar-refractivity contribution is 7.92. The first kappa shape index (κ1) is 35.3. The van der Waals surface area contributed by atoms with Crippen LogP contribution in [0.25, 0.3) is 10.8 Å². The SMILES string of the molecule is CCOc1cc([C@H](Nc2ccc3c(N)nccc3c2)C(=O)N2CCC[C@H]2c2cc(NC(=O)O)ccc2S(=O)(=O)C(C)C)ccc1OC(C)C. The summed E-state index contributed by atoms with van der Waals surface area (Å²) in [4.78, 5) is 32.3. The molecule has 13 heteroatoms. The average Bonchev–Trinajstić information content (AvgIpc) is 3.54. The molecule has 0 saturated carbocycles. The number of likely N-dealkylation sites (tertiary alicyclic amines) is 1. The van der Waals surface area contributed by atoms with Gasteiger partial charge in [0, 0.05) is 29.5 Å². The molecule has 5 N–H and O–H groups in total. The monoisotopic (exact) mass is 689 g/mol. The van der Waals surface area contributed by atoms with Gasteiger partial charge in [-0.2, -0.15) is 0 Å². The van der Waals surface area contributed by atoms with E-state index in [1.165, 1.54) is 18.2 Å². The number of rotatable bonds is 12. The van der Waals surface area contributed by atoms with E-state index in [0.717, 1.165) is 10.8 Å². The molecule has 4 aromatic rings. The van der Waals surface area contributed by atoms with Crippen molar-refractivity contribution in [3.05, 3.63) is 78.0 Å². The third kappa shape index (κ3) is 7.67. The molecule has 1 aromatic heterocycles. The first-order chi connectivity index (χ1) is 23.3. The highest BCUT2D eigenvalue weighted by Gasteiger charge is 2.38. The van der Waals surface area contributed by atoms with Gasteiger partial charge in [-0.25, -0.2) is 18.2 Å². The van der Waals surface area contributed by atoms with Gasteiger partial charge in [-0.15, -0.1) is 0 Å². The minimum Gasteiger partial charge on any atom is -0.490 e. The number of carboxylic acid groups (broad SMARTS) is 1. The largest absolute Gasteiger partial charge is 0.490 e. The summed E-state index contributed by atoms with van der Waals surface area (Å²) in [6.45, 7) is 9.64. The van der Waals surface area contributed by atoms with E-state index in [2.05, 4.69) is 15.6 Å². The lowest BCUT2D eigenvalue weighted by molar-refractivity contribution is -0.133. The Morgan fingerprint density at radius 3 is 2.47 bits per heavy atom. The zero-order valence-electron chi connectivity index (χ0n) is 28.3. The molecule has 12 nitrogen and oxygen atoms in total. The summed E-state index contributed by atoms with van der Waals surface area (Å²) in [5, 5.41) is 16.0. The first-order valence-corrected chi connectivity index (χ1v) is 17.9. The quantitative estimate of drug-likeness (QED) is 0.124. The summed E-state index contributed by atoms with van der Waals surface area (Å²) in [5.41, 5.74) is 7.95. The van der Waals surface area contributed by atoms with Crippen molar-refractivity contribution in [3.63, 3.8) is 0 Å². The van der Waals surface area contributed by atoms with E-state index in [-0.39, 0.29) is 22.6 Å². The number of carbonyl (C=O) groups excluding carboxylic acids is 1. The fraction of sp³-hybridized carbons (Fsp3) is 0.361. The molecule has 1 fully saturated rings. The number of nitrogens with zero attached hydrogens (tertiary/aromatic N) is 2. The number of nitrogens with two attached hydrogens (primary N) is 1. The Balaban J connectivity index is 1.61. The molecule has 5 rings (SSSR count). The first-order valence-electron chi connectivity index (χ1n) is 16.3. The molecule has 0 aliphatic carbocycles. The molecule has 0 spiro atoms. The second kappa shape index (κ2) is 14.6. The van der Waals surface area contributed by atoms with E-state index < -0.39 is 33.3 Å². The van der Waals surface area contributed by atoms with Crippen LogP contribution in [0.4, 0.5) is 22.0 Å². The summed E-state index contributed by atoms with van der Waals surface area (Å²) in [5.74, 6) is 1.14. The van der Waals surface area contributed by atoms with Crippen molar-refractivity contribution in [2.75, 3.05) is 29.5 Å².